The quantitative estimate of drug-likeness (QED) is 0.263. The normalized spacial score (nSPS) is 11.0. The van der Waals surface area contributed by atoms with Crippen LogP contribution < -0.4 is 0 Å². The predicted molar refractivity (Wildman–Crippen MR) is 39.4 cm³/mol. The van der Waals surface area contributed by atoms with Gasteiger partial charge in [-0.2, -0.15) is 0 Å². The lowest BCUT2D eigenvalue weighted by molar-refractivity contribution is -0.110. The average Bonchev–Trinajstić information content (AvgIpc) is 1.63. The SMILES string of the molecule is C[S+](C)CC(=O)/C=N/O. The first-order chi connectivity index (χ1) is 4.16. The number of nitrogens with zero attached hydrogens (tertiary/aromatic N) is 1. The second-order valence-electron chi connectivity index (χ2n) is 1.84. The molecule has 0 aromatic carbocycles. The highest BCUT2D eigenvalue weighted by Gasteiger charge is 2.08. The zero-order valence-electron chi connectivity index (χ0n) is 5.50. The fourth-order valence-electron chi connectivity index (χ4n) is 0.386. The van der Waals surface area contributed by atoms with E-state index in [2.05, 4.69) is 5.16 Å². The summed E-state index contributed by atoms with van der Waals surface area (Å²) in [6.07, 6.45) is 4.86. The molecule has 0 aliphatic rings. The van der Waals surface area contributed by atoms with Gasteiger partial charge < -0.3 is 5.21 Å². The maximum atomic E-state index is 10.6. The molecule has 1 N–H and O–H groups in total. The summed E-state index contributed by atoms with van der Waals surface area (Å²) in [5, 5.41) is 10.5. The van der Waals surface area contributed by atoms with E-state index in [9.17, 15) is 4.79 Å². The molecule has 9 heavy (non-hydrogen) atoms. The van der Waals surface area contributed by atoms with E-state index in [1.807, 2.05) is 12.5 Å². The Morgan fingerprint density at radius 1 is 1.78 bits per heavy atom. The first-order valence-electron chi connectivity index (χ1n) is 2.41. The Kier molecular flexibility index (Phi) is 4.13. The fourth-order valence-corrected chi connectivity index (χ4v) is 1.03. The lowest BCUT2D eigenvalue weighted by atomic mass is 10.5. The molecule has 0 amide bonds. The van der Waals surface area contributed by atoms with Crippen LogP contribution in [0.2, 0.25) is 0 Å². The van der Waals surface area contributed by atoms with Gasteiger partial charge >= 0.3 is 0 Å². The highest BCUT2D eigenvalue weighted by atomic mass is 32.2. The summed E-state index contributed by atoms with van der Waals surface area (Å²) in [5.41, 5.74) is 0. The summed E-state index contributed by atoms with van der Waals surface area (Å²) in [7, 11) is 0.101. The van der Waals surface area contributed by atoms with E-state index in [0.29, 0.717) is 5.75 Å². The molecule has 0 rings (SSSR count). The number of carbonyl (C=O) groups is 1. The van der Waals surface area contributed by atoms with Gasteiger partial charge in [-0.05, 0) is 10.9 Å². The van der Waals surface area contributed by atoms with Gasteiger partial charge in [0.1, 0.15) is 6.21 Å². The van der Waals surface area contributed by atoms with E-state index < -0.39 is 0 Å². The van der Waals surface area contributed by atoms with Crippen molar-refractivity contribution in [1.29, 1.82) is 0 Å². The predicted octanol–water partition coefficient (Wildman–Crippen LogP) is -0.107. The summed E-state index contributed by atoms with van der Waals surface area (Å²) >= 11 is 0. The molecule has 0 fully saturated rings. The van der Waals surface area contributed by atoms with Crippen molar-refractivity contribution in [2.45, 2.75) is 0 Å². The van der Waals surface area contributed by atoms with Gasteiger partial charge in [0.25, 0.3) is 0 Å². The van der Waals surface area contributed by atoms with Crippen molar-refractivity contribution < 1.29 is 10.0 Å². The van der Waals surface area contributed by atoms with Crippen LogP contribution in [0.15, 0.2) is 5.16 Å². The van der Waals surface area contributed by atoms with Crippen LogP contribution in [-0.2, 0) is 15.7 Å². The van der Waals surface area contributed by atoms with E-state index in [-0.39, 0.29) is 16.7 Å². The minimum absolute atomic E-state index is 0.101. The van der Waals surface area contributed by atoms with Crippen molar-refractivity contribution >= 4 is 22.9 Å². The van der Waals surface area contributed by atoms with Crippen molar-refractivity contribution in [1.82, 2.24) is 0 Å². The summed E-state index contributed by atoms with van der Waals surface area (Å²) < 4.78 is 0. The van der Waals surface area contributed by atoms with Crippen molar-refractivity contribution in [3.05, 3.63) is 0 Å². The Bertz CT molecular complexity index is 122. The second-order valence-corrected chi connectivity index (χ2v) is 4.10. The minimum Gasteiger partial charge on any atom is -0.411 e. The summed E-state index contributed by atoms with van der Waals surface area (Å²) in [6.45, 7) is 0. The van der Waals surface area contributed by atoms with Gasteiger partial charge in [0, 0.05) is 0 Å². The molecular weight excluding hydrogens is 138 g/mol. The van der Waals surface area contributed by atoms with Crippen LogP contribution >= 0.6 is 0 Å². The van der Waals surface area contributed by atoms with Gasteiger partial charge in [0.15, 0.2) is 5.75 Å². The standard InChI is InChI=1S/C5H9NO2S/c1-9(2)4-5(7)3-6-8/h3H,4H2,1-2H3/p+1. The second kappa shape index (κ2) is 4.38. The van der Waals surface area contributed by atoms with Crippen molar-refractivity contribution in [3.8, 4) is 0 Å². The Morgan fingerprint density at radius 2 is 2.33 bits per heavy atom. The van der Waals surface area contributed by atoms with E-state index in [1.54, 1.807) is 0 Å². The number of oxime groups is 1. The highest BCUT2D eigenvalue weighted by molar-refractivity contribution is 7.96. The van der Waals surface area contributed by atoms with Gasteiger partial charge in [-0.3, -0.25) is 4.79 Å². The zero-order valence-corrected chi connectivity index (χ0v) is 6.31. The maximum absolute atomic E-state index is 10.6. The van der Waals surface area contributed by atoms with Crippen LogP contribution in [0.25, 0.3) is 0 Å². The lowest BCUT2D eigenvalue weighted by Crippen LogP contribution is -2.14. The molecule has 0 aromatic heterocycles. The first kappa shape index (κ1) is 8.49. The number of ketones is 1. The number of Topliss-reactive ketones (excluding diaryl/α,β-unsaturated/α-hetero) is 1. The largest absolute Gasteiger partial charge is 0.411 e. The molecule has 0 aliphatic carbocycles. The van der Waals surface area contributed by atoms with Gasteiger partial charge in [-0.1, -0.05) is 5.16 Å². The van der Waals surface area contributed by atoms with Crippen LogP contribution in [0, 0.1) is 0 Å². The fraction of sp³-hybridized carbons (Fsp3) is 0.600. The molecule has 0 bridgehead atoms. The summed E-state index contributed by atoms with van der Waals surface area (Å²) in [4.78, 5) is 10.6. The lowest BCUT2D eigenvalue weighted by Gasteiger charge is -1.88. The molecule has 4 heteroatoms. The van der Waals surface area contributed by atoms with Crippen LogP contribution in [0.4, 0.5) is 0 Å². The Balaban J connectivity index is 3.51. The van der Waals surface area contributed by atoms with Crippen LogP contribution in [0.3, 0.4) is 0 Å². The molecule has 0 saturated heterocycles. The topological polar surface area (TPSA) is 49.7 Å². The van der Waals surface area contributed by atoms with E-state index in [1.165, 1.54) is 0 Å². The van der Waals surface area contributed by atoms with Crippen LogP contribution in [0.1, 0.15) is 0 Å². The Hall–Kier alpha value is -0.510. The third kappa shape index (κ3) is 5.36. The van der Waals surface area contributed by atoms with Gasteiger partial charge in [0.2, 0.25) is 5.78 Å². The molecule has 0 unspecified atom stereocenters. The number of carbonyl (C=O) groups excluding carboxylic acids is 1. The molecule has 0 radical (unpaired) electrons. The molecule has 0 atom stereocenters. The van der Waals surface area contributed by atoms with Gasteiger partial charge in [-0.25, -0.2) is 0 Å². The van der Waals surface area contributed by atoms with E-state index in [4.69, 9.17) is 5.21 Å². The Labute approximate surface area is 57.1 Å². The first-order valence-corrected chi connectivity index (χ1v) is 4.62. The third-order valence-corrected chi connectivity index (χ3v) is 1.49. The monoisotopic (exact) mass is 148 g/mol. The molecule has 0 spiro atoms. The summed E-state index contributed by atoms with van der Waals surface area (Å²) in [6, 6.07) is 0. The smallest absolute Gasteiger partial charge is 0.226 e. The molecule has 0 saturated carbocycles. The van der Waals surface area contributed by atoms with Crippen molar-refractivity contribution in [2.75, 3.05) is 18.3 Å². The number of rotatable bonds is 3. The highest BCUT2D eigenvalue weighted by Crippen LogP contribution is 1.82. The third-order valence-electron chi connectivity index (χ3n) is 0.633. The van der Waals surface area contributed by atoms with E-state index >= 15 is 0 Å². The maximum Gasteiger partial charge on any atom is 0.226 e. The van der Waals surface area contributed by atoms with Crippen LogP contribution in [-0.4, -0.2) is 35.5 Å². The molecule has 3 nitrogen and oxygen atoms in total. The van der Waals surface area contributed by atoms with Gasteiger partial charge in [-0.15, -0.1) is 0 Å². The van der Waals surface area contributed by atoms with E-state index in [0.717, 1.165) is 6.21 Å². The summed E-state index contributed by atoms with van der Waals surface area (Å²) in [5.74, 6) is 0.357. The zero-order chi connectivity index (χ0) is 7.28. The number of hydrogen-bond donors (Lipinski definition) is 1. The number of hydrogen-bond acceptors (Lipinski definition) is 3. The molecular formula is C5H10NO2S+. The molecule has 0 heterocycles. The Morgan fingerprint density at radius 3 is 2.67 bits per heavy atom. The molecule has 0 aromatic rings. The van der Waals surface area contributed by atoms with Crippen molar-refractivity contribution in [3.63, 3.8) is 0 Å². The van der Waals surface area contributed by atoms with Crippen LogP contribution in [0.5, 0.6) is 0 Å². The molecule has 0 aliphatic heterocycles. The van der Waals surface area contributed by atoms with Gasteiger partial charge in [0.05, 0.1) is 12.5 Å². The van der Waals surface area contributed by atoms with Crippen molar-refractivity contribution in [2.24, 2.45) is 5.16 Å². The minimum atomic E-state index is -0.120. The molecule has 52 valence electrons. The average molecular weight is 148 g/mol.